The van der Waals surface area contributed by atoms with Gasteiger partial charge in [0, 0.05) is 30.5 Å². The largest absolute Gasteiger partial charge is 0.461 e. The van der Waals surface area contributed by atoms with Gasteiger partial charge in [-0.25, -0.2) is 9.59 Å². The molecule has 2 fully saturated rings. The molecule has 0 amide bonds. The highest BCUT2D eigenvalue weighted by Crippen LogP contribution is 2.48. The van der Waals surface area contributed by atoms with Crippen LogP contribution in [0.2, 0.25) is 0 Å². The lowest BCUT2D eigenvalue weighted by molar-refractivity contribution is -0.248. The van der Waals surface area contributed by atoms with Crippen LogP contribution in [0.1, 0.15) is 61.3 Å². The number of rotatable bonds is 7. The van der Waals surface area contributed by atoms with Crippen LogP contribution in [0, 0.1) is 0 Å². The highest BCUT2D eigenvalue weighted by atomic mass is 16.8. The minimum atomic E-state index is -0.742. The molecule has 4 rings (SSSR count). The Labute approximate surface area is 207 Å². The molecule has 2 aliphatic rings. The Bertz CT molecular complexity index is 1000. The molecule has 0 aromatic heterocycles. The third kappa shape index (κ3) is 5.92. The number of nitrogens with zero attached hydrogens (tertiary/aromatic N) is 1. The van der Waals surface area contributed by atoms with Gasteiger partial charge in [-0.2, -0.15) is 0 Å². The van der Waals surface area contributed by atoms with Crippen LogP contribution >= 0.6 is 0 Å². The quantitative estimate of drug-likeness (QED) is 0.541. The van der Waals surface area contributed by atoms with Gasteiger partial charge in [0.2, 0.25) is 0 Å². The van der Waals surface area contributed by atoms with Gasteiger partial charge in [-0.3, -0.25) is 4.90 Å². The van der Waals surface area contributed by atoms with Crippen molar-refractivity contribution in [2.75, 3.05) is 26.4 Å². The molecule has 0 N–H and O–H groups in total. The molecular formula is C28H35NO6. The Morgan fingerprint density at radius 3 is 1.91 bits per heavy atom. The summed E-state index contributed by atoms with van der Waals surface area (Å²) in [5, 5.41) is 0. The first-order valence-corrected chi connectivity index (χ1v) is 12.1. The van der Waals surface area contributed by atoms with Crippen molar-refractivity contribution in [2.45, 2.75) is 63.5 Å². The summed E-state index contributed by atoms with van der Waals surface area (Å²) in [5.74, 6) is -1.42. The minimum absolute atomic E-state index is 0.148. The first-order valence-electron chi connectivity index (χ1n) is 12.1. The monoisotopic (exact) mass is 481 g/mol. The van der Waals surface area contributed by atoms with Crippen molar-refractivity contribution in [2.24, 2.45) is 0 Å². The Morgan fingerprint density at radius 1 is 0.857 bits per heavy atom. The molecule has 0 saturated carbocycles. The van der Waals surface area contributed by atoms with E-state index in [1.165, 1.54) is 0 Å². The molecule has 2 heterocycles. The normalized spacial score (nSPS) is 22.6. The van der Waals surface area contributed by atoms with Crippen LogP contribution in [-0.2, 0) is 18.9 Å². The first kappa shape index (κ1) is 25.4. The van der Waals surface area contributed by atoms with Gasteiger partial charge >= 0.3 is 11.9 Å². The van der Waals surface area contributed by atoms with Crippen LogP contribution in [0.5, 0.6) is 0 Å². The summed E-state index contributed by atoms with van der Waals surface area (Å²) in [5.41, 5.74) is 0.535. The lowest BCUT2D eigenvalue weighted by atomic mass is 9.76. The number of carbonyl (C=O) groups is 2. The maximum Gasteiger partial charge on any atom is 0.338 e. The molecule has 1 atom stereocenters. The topological polar surface area (TPSA) is 74.3 Å². The Balaban J connectivity index is 1.32. The van der Waals surface area contributed by atoms with Crippen molar-refractivity contribution in [1.29, 1.82) is 0 Å². The van der Waals surface area contributed by atoms with Crippen LogP contribution in [0.3, 0.4) is 0 Å². The summed E-state index contributed by atoms with van der Waals surface area (Å²) in [6, 6.07) is 18.0. The third-order valence-electron chi connectivity index (χ3n) is 6.75. The second kappa shape index (κ2) is 10.1. The zero-order valence-electron chi connectivity index (χ0n) is 21.0. The van der Waals surface area contributed by atoms with Crippen LogP contribution in [0.25, 0.3) is 0 Å². The van der Waals surface area contributed by atoms with E-state index >= 15 is 0 Å². The number of ether oxygens (including phenoxy) is 4. The van der Waals surface area contributed by atoms with Crippen LogP contribution in [0.15, 0.2) is 60.7 Å². The van der Waals surface area contributed by atoms with Gasteiger partial charge in [0.25, 0.3) is 0 Å². The molecule has 188 valence electrons. The molecule has 0 bridgehead atoms. The van der Waals surface area contributed by atoms with E-state index in [2.05, 4.69) is 32.6 Å². The minimum Gasteiger partial charge on any atom is -0.461 e. The summed E-state index contributed by atoms with van der Waals surface area (Å²) in [6.07, 6.45) is 0.992. The molecule has 7 heteroatoms. The van der Waals surface area contributed by atoms with Gasteiger partial charge in [-0.15, -0.1) is 0 Å². The fourth-order valence-electron chi connectivity index (χ4n) is 5.59. The third-order valence-corrected chi connectivity index (χ3v) is 6.75. The van der Waals surface area contributed by atoms with Crippen molar-refractivity contribution >= 4 is 11.9 Å². The fraction of sp³-hybridized carbons (Fsp3) is 0.500. The predicted octanol–water partition coefficient (Wildman–Crippen LogP) is 4.47. The molecule has 0 aliphatic carbocycles. The molecule has 1 spiro atoms. The van der Waals surface area contributed by atoms with Crippen LogP contribution in [0.4, 0.5) is 0 Å². The van der Waals surface area contributed by atoms with Gasteiger partial charge in [-0.05, 0) is 52.0 Å². The van der Waals surface area contributed by atoms with E-state index in [4.69, 9.17) is 18.9 Å². The number of carbonyl (C=O) groups excluding carboxylic acids is 2. The second-order valence-corrected chi connectivity index (χ2v) is 10.6. The Morgan fingerprint density at radius 2 is 1.37 bits per heavy atom. The van der Waals surface area contributed by atoms with Crippen molar-refractivity contribution < 1.29 is 28.5 Å². The van der Waals surface area contributed by atoms with E-state index in [1.807, 2.05) is 24.3 Å². The summed E-state index contributed by atoms with van der Waals surface area (Å²) >= 11 is 0. The molecule has 1 unspecified atom stereocenters. The van der Waals surface area contributed by atoms with E-state index in [9.17, 15) is 9.59 Å². The van der Waals surface area contributed by atoms with Gasteiger partial charge in [0.15, 0.2) is 5.79 Å². The summed E-state index contributed by atoms with van der Waals surface area (Å²) in [7, 11) is 0. The van der Waals surface area contributed by atoms with Crippen molar-refractivity contribution in [3.63, 3.8) is 0 Å². The van der Waals surface area contributed by atoms with Gasteiger partial charge < -0.3 is 18.9 Å². The molecule has 35 heavy (non-hydrogen) atoms. The summed E-state index contributed by atoms with van der Waals surface area (Å²) in [4.78, 5) is 27.0. The molecule has 7 nitrogen and oxygen atoms in total. The second-order valence-electron chi connectivity index (χ2n) is 10.6. The van der Waals surface area contributed by atoms with Gasteiger partial charge in [-0.1, -0.05) is 36.4 Å². The number of likely N-dealkylation sites (tertiary alicyclic amines) is 1. The molecule has 0 radical (unpaired) electrons. The lowest BCUT2D eigenvalue weighted by Gasteiger charge is -2.57. The highest BCUT2D eigenvalue weighted by Gasteiger charge is 2.56. The number of benzene rings is 2. The van der Waals surface area contributed by atoms with Gasteiger partial charge in [0.05, 0.1) is 17.7 Å². The predicted molar refractivity (Wildman–Crippen MR) is 131 cm³/mol. The standard InChI is InChI=1S/C28H35NO6/c1-26(2)19-28(34-18-23(35-28)17-33-25(31)22-13-9-6-10-14-22)20-27(3,4)29(26)15-16-32-24(30)21-11-7-5-8-12-21/h5-14,23H,15-20H2,1-4H3. The smallest absolute Gasteiger partial charge is 0.338 e. The lowest BCUT2D eigenvalue weighted by Crippen LogP contribution is -2.66. The van der Waals surface area contributed by atoms with Gasteiger partial charge in [0.1, 0.15) is 19.3 Å². The maximum atomic E-state index is 12.3. The number of piperidine rings is 1. The number of esters is 2. The van der Waals surface area contributed by atoms with Crippen molar-refractivity contribution in [1.82, 2.24) is 4.90 Å². The average Bonchev–Trinajstić information content (AvgIpc) is 3.20. The molecular weight excluding hydrogens is 446 g/mol. The number of hydrogen-bond donors (Lipinski definition) is 0. The SMILES string of the molecule is CC1(C)CC2(CC(C)(C)N1CCOC(=O)c1ccccc1)OCC(COC(=O)c1ccccc1)O2. The van der Waals surface area contributed by atoms with Crippen molar-refractivity contribution in [3.05, 3.63) is 71.8 Å². The zero-order chi connectivity index (χ0) is 25.1. The number of hydrogen-bond acceptors (Lipinski definition) is 7. The van der Waals surface area contributed by atoms with Crippen molar-refractivity contribution in [3.8, 4) is 0 Å². The maximum absolute atomic E-state index is 12.3. The van der Waals surface area contributed by atoms with Crippen LogP contribution < -0.4 is 0 Å². The summed E-state index contributed by atoms with van der Waals surface area (Å²) < 4.78 is 23.6. The molecule has 2 aromatic rings. The molecule has 2 aliphatic heterocycles. The molecule has 2 aromatic carbocycles. The fourth-order valence-corrected chi connectivity index (χ4v) is 5.59. The van der Waals surface area contributed by atoms with E-state index in [1.54, 1.807) is 36.4 Å². The Kier molecular flexibility index (Phi) is 7.31. The highest BCUT2D eigenvalue weighted by molar-refractivity contribution is 5.89. The zero-order valence-corrected chi connectivity index (χ0v) is 21.0. The average molecular weight is 482 g/mol. The van der Waals surface area contributed by atoms with E-state index in [0.29, 0.717) is 43.7 Å². The first-order chi connectivity index (χ1) is 16.6. The molecule has 2 saturated heterocycles. The Hall–Kier alpha value is -2.74. The van der Waals surface area contributed by atoms with E-state index in [-0.39, 0.29) is 35.7 Å². The summed E-state index contributed by atoms with van der Waals surface area (Å²) in [6.45, 7) is 10.1. The van der Waals surface area contributed by atoms with Crippen LogP contribution in [-0.4, -0.2) is 66.2 Å². The van der Waals surface area contributed by atoms with E-state index < -0.39 is 5.79 Å². The van der Waals surface area contributed by atoms with E-state index in [0.717, 1.165) is 0 Å².